The standard InChI is InChI=1S/C21H18N2O6S/c1-28-16-10-12-18(13-11-16)30(26,27)29-17-8-6-15(7-9-17)14-22-23-21(25)19-4-2-3-5-20(19)24/h2-14,24H,1H3,(H,23,25). The van der Waals surface area contributed by atoms with Gasteiger partial charge in [-0.05, 0) is 66.2 Å². The summed E-state index contributed by atoms with van der Waals surface area (Å²) in [7, 11) is -2.50. The van der Waals surface area contributed by atoms with Crippen molar-refractivity contribution in [3.8, 4) is 17.2 Å². The number of hydrogen-bond donors (Lipinski definition) is 2. The van der Waals surface area contributed by atoms with Crippen molar-refractivity contribution in [2.45, 2.75) is 4.90 Å². The zero-order chi connectivity index (χ0) is 21.6. The summed E-state index contributed by atoms with van der Waals surface area (Å²) in [6.07, 6.45) is 1.37. The van der Waals surface area contributed by atoms with Crippen LogP contribution >= 0.6 is 0 Å². The van der Waals surface area contributed by atoms with Gasteiger partial charge in [0.25, 0.3) is 5.91 Å². The lowest BCUT2D eigenvalue weighted by atomic mass is 10.2. The Morgan fingerprint density at radius 3 is 2.23 bits per heavy atom. The van der Waals surface area contributed by atoms with E-state index in [2.05, 4.69) is 10.5 Å². The van der Waals surface area contributed by atoms with E-state index >= 15 is 0 Å². The molecule has 0 fully saturated rings. The monoisotopic (exact) mass is 426 g/mol. The van der Waals surface area contributed by atoms with Crippen molar-refractivity contribution in [2.75, 3.05) is 7.11 Å². The maximum Gasteiger partial charge on any atom is 0.339 e. The van der Waals surface area contributed by atoms with Crippen LogP contribution in [0, 0.1) is 0 Å². The predicted octanol–water partition coefficient (Wildman–Crippen LogP) is 2.93. The number of ether oxygens (including phenoxy) is 1. The second kappa shape index (κ2) is 9.10. The third-order valence-electron chi connectivity index (χ3n) is 3.96. The molecule has 0 saturated heterocycles. The highest BCUT2D eigenvalue weighted by Gasteiger charge is 2.16. The number of rotatable bonds is 7. The van der Waals surface area contributed by atoms with Crippen LogP contribution in [0.2, 0.25) is 0 Å². The first-order valence-electron chi connectivity index (χ1n) is 8.69. The van der Waals surface area contributed by atoms with E-state index in [1.54, 1.807) is 24.3 Å². The maximum atomic E-state index is 12.3. The molecule has 0 aliphatic carbocycles. The molecule has 30 heavy (non-hydrogen) atoms. The first kappa shape index (κ1) is 20.9. The van der Waals surface area contributed by atoms with Crippen molar-refractivity contribution in [1.82, 2.24) is 5.43 Å². The third-order valence-corrected chi connectivity index (χ3v) is 5.22. The van der Waals surface area contributed by atoms with Crippen molar-refractivity contribution in [1.29, 1.82) is 0 Å². The van der Waals surface area contributed by atoms with Gasteiger partial charge < -0.3 is 14.0 Å². The second-order valence-corrected chi connectivity index (χ2v) is 7.54. The van der Waals surface area contributed by atoms with Crippen molar-refractivity contribution >= 4 is 22.2 Å². The van der Waals surface area contributed by atoms with Crippen LogP contribution in [0.15, 0.2) is 82.8 Å². The van der Waals surface area contributed by atoms with Gasteiger partial charge in [0.2, 0.25) is 0 Å². The van der Waals surface area contributed by atoms with Gasteiger partial charge in [0, 0.05) is 0 Å². The highest BCUT2D eigenvalue weighted by Crippen LogP contribution is 2.21. The Morgan fingerprint density at radius 1 is 0.967 bits per heavy atom. The molecular formula is C21H18N2O6S. The molecule has 0 bridgehead atoms. The largest absolute Gasteiger partial charge is 0.507 e. The molecule has 8 nitrogen and oxygen atoms in total. The molecule has 2 N–H and O–H groups in total. The maximum absolute atomic E-state index is 12.3. The Kier molecular flexibility index (Phi) is 6.33. The smallest absolute Gasteiger partial charge is 0.339 e. The van der Waals surface area contributed by atoms with E-state index in [0.717, 1.165) is 0 Å². The summed E-state index contributed by atoms with van der Waals surface area (Å²) in [5.41, 5.74) is 3.00. The fraction of sp³-hybridized carbons (Fsp3) is 0.0476. The number of nitrogens with one attached hydrogen (secondary N) is 1. The number of amides is 1. The van der Waals surface area contributed by atoms with Gasteiger partial charge in [-0.3, -0.25) is 4.79 Å². The van der Waals surface area contributed by atoms with Crippen molar-refractivity contribution in [3.05, 3.63) is 83.9 Å². The lowest BCUT2D eigenvalue weighted by molar-refractivity contribution is 0.0952. The highest BCUT2D eigenvalue weighted by molar-refractivity contribution is 7.87. The molecule has 3 rings (SSSR count). The summed E-state index contributed by atoms with van der Waals surface area (Å²) in [5, 5.41) is 13.5. The number of phenolic OH excluding ortho intramolecular Hbond substituents is 1. The molecule has 0 unspecified atom stereocenters. The number of para-hydroxylation sites is 1. The molecule has 0 radical (unpaired) electrons. The highest BCUT2D eigenvalue weighted by atomic mass is 32.2. The van der Waals surface area contributed by atoms with E-state index < -0.39 is 16.0 Å². The second-order valence-electron chi connectivity index (χ2n) is 6.00. The Bertz CT molecular complexity index is 1160. The number of methoxy groups -OCH3 is 1. The first-order valence-corrected chi connectivity index (χ1v) is 10.1. The minimum absolute atomic E-state index is 0.000756. The van der Waals surface area contributed by atoms with Gasteiger partial charge >= 0.3 is 10.1 Å². The Morgan fingerprint density at radius 2 is 1.60 bits per heavy atom. The van der Waals surface area contributed by atoms with E-state index in [-0.39, 0.29) is 22.0 Å². The van der Waals surface area contributed by atoms with E-state index in [9.17, 15) is 18.3 Å². The van der Waals surface area contributed by atoms with Crippen LogP contribution in [0.3, 0.4) is 0 Å². The number of nitrogens with zero attached hydrogens (tertiary/aromatic N) is 1. The normalized spacial score (nSPS) is 11.2. The van der Waals surface area contributed by atoms with E-state index in [4.69, 9.17) is 8.92 Å². The number of hydrazone groups is 1. The predicted molar refractivity (Wildman–Crippen MR) is 110 cm³/mol. The van der Waals surface area contributed by atoms with Gasteiger partial charge in [-0.1, -0.05) is 12.1 Å². The molecule has 154 valence electrons. The molecule has 0 heterocycles. The lowest BCUT2D eigenvalue weighted by Gasteiger charge is -2.08. The Hall–Kier alpha value is -3.85. The Balaban J connectivity index is 1.62. The molecule has 9 heteroatoms. The Labute approximate surface area is 173 Å². The van der Waals surface area contributed by atoms with E-state index in [0.29, 0.717) is 11.3 Å². The number of benzene rings is 3. The van der Waals surface area contributed by atoms with E-state index in [1.807, 2.05) is 0 Å². The number of carbonyl (C=O) groups excluding carboxylic acids is 1. The number of aromatic hydroxyl groups is 1. The molecule has 0 atom stereocenters. The summed E-state index contributed by atoms with van der Waals surface area (Å²) in [4.78, 5) is 12.0. The molecular weight excluding hydrogens is 408 g/mol. The van der Waals surface area contributed by atoms with Crippen LogP contribution in [0.25, 0.3) is 0 Å². The van der Waals surface area contributed by atoms with Gasteiger partial charge in [0.15, 0.2) is 0 Å². The number of phenols is 1. The van der Waals surface area contributed by atoms with E-state index in [1.165, 1.54) is 61.9 Å². The van der Waals surface area contributed by atoms with Crippen molar-refractivity contribution in [3.63, 3.8) is 0 Å². The topological polar surface area (TPSA) is 114 Å². The van der Waals surface area contributed by atoms with Crippen LogP contribution < -0.4 is 14.3 Å². The molecule has 0 aliphatic heterocycles. The summed E-state index contributed by atoms with van der Waals surface area (Å²) in [5.74, 6) is -0.0481. The average molecular weight is 426 g/mol. The van der Waals surface area contributed by atoms with Crippen molar-refractivity contribution < 1.29 is 27.2 Å². The van der Waals surface area contributed by atoms with Gasteiger partial charge in [-0.25, -0.2) is 5.43 Å². The van der Waals surface area contributed by atoms with Crippen LogP contribution in [0.5, 0.6) is 17.2 Å². The molecule has 0 aliphatic rings. The van der Waals surface area contributed by atoms with Crippen LogP contribution in [-0.4, -0.2) is 32.8 Å². The minimum Gasteiger partial charge on any atom is -0.507 e. The van der Waals surface area contributed by atoms with Crippen LogP contribution in [0.1, 0.15) is 15.9 Å². The molecule has 1 amide bonds. The SMILES string of the molecule is COc1ccc(S(=O)(=O)Oc2ccc(C=NNC(=O)c3ccccc3O)cc2)cc1. The van der Waals surface area contributed by atoms with Crippen LogP contribution in [-0.2, 0) is 10.1 Å². The zero-order valence-corrected chi connectivity index (χ0v) is 16.7. The van der Waals surface area contributed by atoms with Crippen LogP contribution in [0.4, 0.5) is 0 Å². The summed E-state index contributed by atoms with van der Waals surface area (Å²) < 4.78 is 34.8. The summed E-state index contributed by atoms with van der Waals surface area (Å²) in [6.45, 7) is 0. The minimum atomic E-state index is -3.98. The molecule has 0 saturated carbocycles. The fourth-order valence-corrected chi connectivity index (χ4v) is 3.35. The third kappa shape index (κ3) is 5.15. The molecule has 3 aromatic carbocycles. The number of carbonyl (C=O) groups is 1. The summed E-state index contributed by atoms with van der Waals surface area (Å²) in [6, 6.07) is 18.0. The zero-order valence-electron chi connectivity index (χ0n) is 15.8. The molecule has 3 aromatic rings. The van der Waals surface area contributed by atoms with Gasteiger partial charge in [-0.2, -0.15) is 13.5 Å². The lowest BCUT2D eigenvalue weighted by Crippen LogP contribution is -2.17. The fourth-order valence-electron chi connectivity index (χ4n) is 2.42. The first-order chi connectivity index (χ1) is 14.4. The van der Waals surface area contributed by atoms with Gasteiger partial charge in [-0.15, -0.1) is 0 Å². The van der Waals surface area contributed by atoms with Gasteiger partial charge in [0.1, 0.15) is 22.1 Å². The van der Waals surface area contributed by atoms with Gasteiger partial charge in [0.05, 0.1) is 18.9 Å². The van der Waals surface area contributed by atoms with Crippen molar-refractivity contribution in [2.24, 2.45) is 5.10 Å². The quantitative estimate of drug-likeness (QED) is 0.341. The average Bonchev–Trinajstić information content (AvgIpc) is 2.75. The summed E-state index contributed by atoms with van der Waals surface area (Å²) >= 11 is 0. The molecule has 0 spiro atoms. The number of hydrogen-bond acceptors (Lipinski definition) is 7. The molecule has 0 aromatic heterocycles.